The summed E-state index contributed by atoms with van der Waals surface area (Å²) in [5.74, 6) is 0.0336. The number of anilines is 1. The zero-order valence-corrected chi connectivity index (χ0v) is 19.0. The number of nitrogens with one attached hydrogen (secondary N) is 1. The summed E-state index contributed by atoms with van der Waals surface area (Å²) in [5.41, 5.74) is 1.00. The first-order chi connectivity index (χ1) is 15.8. The minimum absolute atomic E-state index is 0.0815. The topological polar surface area (TPSA) is 116 Å². The van der Waals surface area contributed by atoms with Crippen LogP contribution in [0.4, 0.5) is 11.4 Å². The molecule has 1 amide bonds. The van der Waals surface area contributed by atoms with Crippen LogP contribution in [0.1, 0.15) is 13.0 Å². The van der Waals surface area contributed by atoms with Crippen LogP contribution in [0, 0.1) is 10.1 Å². The zero-order valence-electron chi connectivity index (χ0n) is 17.4. The summed E-state index contributed by atoms with van der Waals surface area (Å²) >= 11 is 7.36. The highest BCUT2D eigenvalue weighted by Gasteiger charge is 2.21. The molecule has 0 aliphatic carbocycles. The number of nitro benzene ring substituents is 1. The molecule has 0 saturated heterocycles. The number of halogens is 1. The van der Waals surface area contributed by atoms with Crippen molar-refractivity contribution in [1.29, 1.82) is 0 Å². The smallest absolute Gasteiger partial charge is 0.270 e. The van der Waals surface area contributed by atoms with E-state index in [-0.39, 0.29) is 5.69 Å². The summed E-state index contributed by atoms with van der Waals surface area (Å²) in [6.45, 7) is 1.58. The van der Waals surface area contributed by atoms with Crippen molar-refractivity contribution in [2.24, 2.45) is 0 Å². The van der Waals surface area contributed by atoms with Gasteiger partial charge in [0, 0.05) is 28.8 Å². The molecule has 4 aromatic rings. The van der Waals surface area contributed by atoms with Gasteiger partial charge in [-0.25, -0.2) is 4.98 Å². The molecule has 11 heteroatoms. The van der Waals surface area contributed by atoms with Gasteiger partial charge in [0.05, 0.1) is 28.8 Å². The normalized spacial score (nSPS) is 11.8. The minimum Gasteiger partial charge on any atom is -0.495 e. The Kier molecular flexibility index (Phi) is 6.12. The first-order valence-electron chi connectivity index (χ1n) is 9.67. The molecule has 33 heavy (non-hydrogen) atoms. The molecule has 4 rings (SSSR count). The summed E-state index contributed by atoms with van der Waals surface area (Å²) in [6.07, 6.45) is 1.32. The van der Waals surface area contributed by atoms with Gasteiger partial charge in [-0.2, -0.15) is 0 Å². The van der Waals surface area contributed by atoms with Crippen LogP contribution in [-0.4, -0.2) is 27.5 Å². The lowest BCUT2D eigenvalue weighted by Crippen LogP contribution is -2.31. The fraction of sp³-hybridized carbons (Fsp3) is 0.136. The average Bonchev–Trinajstić information content (AvgIpc) is 3.24. The number of fused-ring (bicyclic) bond motifs is 1. The SMILES string of the molecule is COc1ccc(NC(=O)C(C)n2cnc3scc(-c4cccc([N+](=O)[O-])c4)c3c2=O)cc1Cl. The van der Waals surface area contributed by atoms with Gasteiger partial charge in [0.1, 0.15) is 16.6 Å². The summed E-state index contributed by atoms with van der Waals surface area (Å²) in [7, 11) is 1.49. The van der Waals surface area contributed by atoms with E-state index in [0.717, 1.165) is 0 Å². The van der Waals surface area contributed by atoms with Crippen LogP contribution in [0.3, 0.4) is 0 Å². The number of nitro groups is 1. The molecule has 2 heterocycles. The van der Waals surface area contributed by atoms with Crippen molar-refractivity contribution >= 4 is 50.4 Å². The number of nitrogens with zero attached hydrogens (tertiary/aromatic N) is 3. The number of ether oxygens (including phenoxy) is 1. The largest absolute Gasteiger partial charge is 0.495 e. The lowest BCUT2D eigenvalue weighted by molar-refractivity contribution is -0.384. The van der Waals surface area contributed by atoms with E-state index < -0.39 is 22.4 Å². The predicted octanol–water partition coefficient (Wildman–Crippen LogP) is 4.89. The van der Waals surface area contributed by atoms with Gasteiger partial charge in [-0.05, 0) is 30.7 Å². The lowest BCUT2D eigenvalue weighted by Gasteiger charge is -2.15. The molecule has 1 N–H and O–H groups in total. The first-order valence-corrected chi connectivity index (χ1v) is 10.9. The van der Waals surface area contributed by atoms with Crippen molar-refractivity contribution in [3.63, 3.8) is 0 Å². The highest BCUT2D eigenvalue weighted by Crippen LogP contribution is 2.33. The second-order valence-corrected chi connectivity index (χ2v) is 8.37. The summed E-state index contributed by atoms with van der Waals surface area (Å²) in [5, 5.41) is 16.2. The molecular weight excluding hydrogens is 468 g/mol. The number of methoxy groups -OCH3 is 1. The third-order valence-corrected chi connectivity index (χ3v) is 6.29. The maximum Gasteiger partial charge on any atom is 0.270 e. The van der Waals surface area contributed by atoms with Gasteiger partial charge in [0.25, 0.3) is 11.2 Å². The predicted molar refractivity (Wildman–Crippen MR) is 127 cm³/mol. The maximum atomic E-state index is 13.3. The highest BCUT2D eigenvalue weighted by atomic mass is 35.5. The maximum absolute atomic E-state index is 13.3. The van der Waals surface area contributed by atoms with Crippen LogP contribution < -0.4 is 15.6 Å². The Morgan fingerprint density at radius 1 is 1.30 bits per heavy atom. The Balaban J connectivity index is 1.69. The standard InChI is InChI=1S/C22H17ClN4O5S/c1-12(20(28)25-14-6-7-18(32-2)17(23)9-14)26-11-24-21-19(22(26)29)16(10-33-21)13-4-3-5-15(8-13)27(30)31/h3-12H,1-2H3,(H,25,28). The summed E-state index contributed by atoms with van der Waals surface area (Å²) in [4.78, 5) is 41.6. The van der Waals surface area contributed by atoms with Crippen LogP contribution in [0.15, 0.2) is 59.0 Å². The molecule has 1 unspecified atom stereocenters. The molecule has 1 atom stereocenters. The van der Waals surface area contributed by atoms with E-state index in [9.17, 15) is 19.7 Å². The van der Waals surface area contributed by atoms with Gasteiger partial charge < -0.3 is 10.1 Å². The average molecular weight is 485 g/mol. The van der Waals surface area contributed by atoms with Gasteiger partial charge in [0.2, 0.25) is 5.91 Å². The third-order valence-electron chi connectivity index (χ3n) is 5.10. The number of hydrogen-bond donors (Lipinski definition) is 1. The number of benzene rings is 2. The molecule has 2 aromatic carbocycles. The van der Waals surface area contributed by atoms with Crippen LogP contribution in [0.5, 0.6) is 5.75 Å². The number of rotatable bonds is 6. The number of amides is 1. The Morgan fingerprint density at radius 2 is 2.09 bits per heavy atom. The molecule has 9 nitrogen and oxygen atoms in total. The molecule has 0 radical (unpaired) electrons. The van der Waals surface area contributed by atoms with Crippen molar-refractivity contribution in [3.05, 3.63) is 79.7 Å². The van der Waals surface area contributed by atoms with E-state index in [1.54, 1.807) is 42.6 Å². The summed E-state index contributed by atoms with van der Waals surface area (Å²) < 4.78 is 6.34. The Hall–Kier alpha value is -3.76. The van der Waals surface area contributed by atoms with Crippen molar-refractivity contribution in [2.75, 3.05) is 12.4 Å². The molecule has 0 bridgehead atoms. The monoisotopic (exact) mass is 484 g/mol. The van der Waals surface area contributed by atoms with E-state index in [1.165, 1.54) is 41.5 Å². The number of carbonyl (C=O) groups is 1. The van der Waals surface area contributed by atoms with Crippen molar-refractivity contribution in [3.8, 4) is 16.9 Å². The van der Waals surface area contributed by atoms with E-state index in [4.69, 9.17) is 16.3 Å². The minimum atomic E-state index is -0.881. The number of aromatic nitrogens is 2. The van der Waals surface area contributed by atoms with E-state index in [1.807, 2.05) is 0 Å². The van der Waals surface area contributed by atoms with Gasteiger partial charge >= 0.3 is 0 Å². The lowest BCUT2D eigenvalue weighted by atomic mass is 10.1. The van der Waals surface area contributed by atoms with Gasteiger partial charge in [-0.15, -0.1) is 11.3 Å². The Morgan fingerprint density at radius 3 is 2.79 bits per heavy atom. The van der Waals surface area contributed by atoms with Crippen LogP contribution in [0.25, 0.3) is 21.3 Å². The molecular formula is C22H17ClN4O5S. The number of non-ortho nitro benzene ring substituents is 1. The molecule has 2 aromatic heterocycles. The molecule has 0 fully saturated rings. The quantitative estimate of drug-likeness (QED) is 0.307. The fourth-order valence-corrected chi connectivity index (χ4v) is 4.50. The zero-order chi connectivity index (χ0) is 23.7. The van der Waals surface area contributed by atoms with Crippen molar-refractivity contribution in [2.45, 2.75) is 13.0 Å². The molecule has 168 valence electrons. The number of hydrogen-bond acceptors (Lipinski definition) is 7. The van der Waals surface area contributed by atoms with Crippen molar-refractivity contribution in [1.82, 2.24) is 9.55 Å². The highest BCUT2D eigenvalue weighted by molar-refractivity contribution is 7.17. The molecule has 0 saturated carbocycles. The second-order valence-electron chi connectivity index (χ2n) is 7.11. The summed E-state index contributed by atoms with van der Waals surface area (Å²) in [6, 6.07) is 9.96. The van der Waals surface area contributed by atoms with Crippen molar-refractivity contribution < 1.29 is 14.5 Å². The van der Waals surface area contributed by atoms with Crippen LogP contribution in [0.2, 0.25) is 5.02 Å². The Bertz CT molecular complexity index is 1450. The second kappa shape index (κ2) is 9.00. The van der Waals surface area contributed by atoms with E-state index in [2.05, 4.69) is 10.3 Å². The van der Waals surface area contributed by atoms with Gasteiger partial charge in [-0.3, -0.25) is 24.3 Å². The number of carbonyl (C=O) groups excluding carboxylic acids is 1. The van der Waals surface area contributed by atoms with Gasteiger partial charge in [0.15, 0.2) is 0 Å². The first kappa shape index (κ1) is 22.4. The van der Waals surface area contributed by atoms with E-state index in [0.29, 0.717) is 37.8 Å². The molecule has 0 aliphatic heterocycles. The van der Waals surface area contributed by atoms with E-state index >= 15 is 0 Å². The third kappa shape index (κ3) is 4.30. The molecule has 0 spiro atoms. The van der Waals surface area contributed by atoms with Crippen LogP contribution >= 0.6 is 22.9 Å². The van der Waals surface area contributed by atoms with Crippen LogP contribution in [-0.2, 0) is 4.79 Å². The van der Waals surface area contributed by atoms with Gasteiger partial charge in [-0.1, -0.05) is 23.7 Å². The Labute approximate surface area is 196 Å². The number of thiophene rings is 1. The fourth-order valence-electron chi connectivity index (χ4n) is 3.34. The molecule has 0 aliphatic rings.